The Balaban J connectivity index is 1.42. The Morgan fingerprint density at radius 3 is 2.70 bits per heavy atom. The first-order chi connectivity index (χ1) is 15.6. The molecule has 3 atom stereocenters. The van der Waals surface area contributed by atoms with Gasteiger partial charge in [-0.1, -0.05) is 12.1 Å². The van der Waals surface area contributed by atoms with E-state index in [2.05, 4.69) is 24.1 Å². The SMILES string of the molecule is COc1ccc2c3c1O[C@H]1C[C@@H](OC(=O)CCCC(=O)OC(C)(C)C)C=C[C@@]31CCN(C)C2. The van der Waals surface area contributed by atoms with E-state index in [1.807, 2.05) is 32.9 Å². The zero-order valence-electron chi connectivity index (χ0n) is 20.3. The summed E-state index contributed by atoms with van der Waals surface area (Å²) in [6, 6.07) is 4.11. The molecule has 0 N–H and O–H groups in total. The molecule has 7 heteroatoms. The molecule has 2 heterocycles. The third-order valence-electron chi connectivity index (χ3n) is 6.59. The molecular formula is C26H35NO6. The molecule has 180 valence electrons. The molecule has 2 aliphatic heterocycles. The molecule has 1 spiro atoms. The second-order valence-corrected chi connectivity index (χ2v) is 10.3. The Morgan fingerprint density at radius 1 is 1.21 bits per heavy atom. The van der Waals surface area contributed by atoms with Gasteiger partial charge in [0.2, 0.25) is 0 Å². The van der Waals surface area contributed by atoms with Gasteiger partial charge in [-0.2, -0.15) is 0 Å². The molecule has 7 nitrogen and oxygen atoms in total. The number of carbonyl (C=O) groups is 2. The van der Waals surface area contributed by atoms with Gasteiger partial charge in [0.1, 0.15) is 17.8 Å². The first kappa shape index (κ1) is 23.6. The Morgan fingerprint density at radius 2 is 1.97 bits per heavy atom. The van der Waals surface area contributed by atoms with Crippen molar-refractivity contribution < 1.29 is 28.5 Å². The van der Waals surface area contributed by atoms with Crippen LogP contribution in [0.1, 0.15) is 64.0 Å². The summed E-state index contributed by atoms with van der Waals surface area (Å²) in [4.78, 5) is 26.6. The second kappa shape index (κ2) is 9.01. The fraction of sp³-hybridized carbons (Fsp3) is 0.615. The predicted molar refractivity (Wildman–Crippen MR) is 123 cm³/mol. The van der Waals surface area contributed by atoms with Gasteiger partial charge in [0.25, 0.3) is 0 Å². The number of rotatable bonds is 6. The van der Waals surface area contributed by atoms with Gasteiger partial charge in [-0.05, 0) is 64.9 Å². The minimum absolute atomic E-state index is 0.112. The molecule has 0 saturated carbocycles. The quantitative estimate of drug-likeness (QED) is 0.474. The van der Waals surface area contributed by atoms with E-state index >= 15 is 0 Å². The van der Waals surface area contributed by atoms with E-state index in [0.717, 1.165) is 31.0 Å². The van der Waals surface area contributed by atoms with Crippen LogP contribution in [0.3, 0.4) is 0 Å². The third kappa shape index (κ3) is 4.88. The lowest BCUT2D eigenvalue weighted by Gasteiger charge is -2.36. The molecule has 4 rings (SSSR count). The fourth-order valence-electron chi connectivity index (χ4n) is 5.15. The molecule has 1 aliphatic carbocycles. The highest BCUT2D eigenvalue weighted by Gasteiger charge is 2.53. The molecule has 0 fully saturated rings. The summed E-state index contributed by atoms with van der Waals surface area (Å²) < 4.78 is 23.1. The molecule has 1 aromatic carbocycles. The highest BCUT2D eigenvalue weighted by molar-refractivity contribution is 5.73. The van der Waals surface area contributed by atoms with Crippen LogP contribution < -0.4 is 9.47 Å². The van der Waals surface area contributed by atoms with Gasteiger partial charge < -0.3 is 23.8 Å². The number of esters is 2. The Kier molecular flexibility index (Phi) is 6.45. The minimum Gasteiger partial charge on any atom is -0.493 e. The summed E-state index contributed by atoms with van der Waals surface area (Å²) >= 11 is 0. The van der Waals surface area contributed by atoms with Crippen LogP contribution in [0.15, 0.2) is 24.3 Å². The summed E-state index contributed by atoms with van der Waals surface area (Å²) in [5.74, 6) is 0.967. The molecular weight excluding hydrogens is 422 g/mol. The van der Waals surface area contributed by atoms with E-state index in [9.17, 15) is 9.59 Å². The van der Waals surface area contributed by atoms with Crippen molar-refractivity contribution in [1.82, 2.24) is 4.90 Å². The minimum atomic E-state index is -0.519. The molecule has 0 saturated heterocycles. The maximum atomic E-state index is 12.4. The lowest BCUT2D eigenvalue weighted by molar-refractivity contribution is -0.155. The zero-order valence-corrected chi connectivity index (χ0v) is 20.3. The van der Waals surface area contributed by atoms with Crippen LogP contribution in [0.5, 0.6) is 11.5 Å². The molecule has 0 radical (unpaired) electrons. The highest BCUT2D eigenvalue weighted by atomic mass is 16.6. The first-order valence-electron chi connectivity index (χ1n) is 11.8. The number of ether oxygens (including phenoxy) is 4. The maximum Gasteiger partial charge on any atom is 0.306 e. The average Bonchev–Trinajstić information content (AvgIpc) is 2.98. The van der Waals surface area contributed by atoms with Gasteiger partial charge in [-0.3, -0.25) is 9.59 Å². The van der Waals surface area contributed by atoms with Gasteiger partial charge in [-0.15, -0.1) is 0 Å². The van der Waals surface area contributed by atoms with Gasteiger partial charge in [-0.25, -0.2) is 0 Å². The van der Waals surface area contributed by atoms with E-state index in [1.54, 1.807) is 7.11 Å². The number of nitrogens with zero attached hydrogens (tertiary/aromatic N) is 1. The second-order valence-electron chi connectivity index (χ2n) is 10.3. The first-order valence-corrected chi connectivity index (χ1v) is 11.8. The van der Waals surface area contributed by atoms with E-state index in [4.69, 9.17) is 18.9 Å². The Hall–Kier alpha value is -2.54. The molecule has 0 aromatic heterocycles. The van der Waals surface area contributed by atoms with Crippen molar-refractivity contribution in [2.45, 2.75) is 82.6 Å². The molecule has 0 unspecified atom stereocenters. The smallest absolute Gasteiger partial charge is 0.306 e. The largest absolute Gasteiger partial charge is 0.493 e. The Labute approximate surface area is 196 Å². The van der Waals surface area contributed by atoms with Crippen molar-refractivity contribution in [3.63, 3.8) is 0 Å². The zero-order chi connectivity index (χ0) is 23.8. The molecule has 3 aliphatic rings. The van der Waals surface area contributed by atoms with Crippen molar-refractivity contribution in [3.8, 4) is 11.5 Å². The topological polar surface area (TPSA) is 74.3 Å². The van der Waals surface area contributed by atoms with E-state index < -0.39 is 5.60 Å². The van der Waals surface area contributed by atoms with Crippen molar-refractivity contribution in [3.05, 3.63) is 35.4 Å². The van der Waals surface area contributed by atoms with Crippen LogP contribution in [0, 0.1) is 0 Å². The van der Waals surface area contributed by atoms with Crippen LogP contribution in [0.4, 0.5) is 0 Å². The van der Waals surface area contributed by atoms with Crippen molar-refractivity contribution >= 4 is 11.9 Å². The van der Waals surface area contributed by atoms with Gasteiger partial charge >= 0.3 is 11.9 Å². The molecule has 1 aromatic rings. The van der Waals surface area contributed by atoms with E-state index in [1.165, 1.54) is 11.1 Å². The van der Waals surface area contributed by atoms with Gasteiger partial charge in [0, 0.05) is 31.4 Å². The van der Waals surface area contributed by atoms with Crippen molar-refractivity contribution in [2.75, 3.05) is 20.7 Å². The van der Waals surface area contributed by atoms with Crippen LogP contribution in [-0.4, -0.2) is 55.3 Å². The van der Waals surface area contributed by atoms with Crippen molar-refractivity contribution in [2.24, 2.45) is 0 Å². The summed E-state index contributed by atoms with van der Waals surface area (Å²) in [6.45, 7) is 7.31. The normalized spacial score (nSPS) is 26.0. The fourth-order valence-corrected chi connectivity index (χ4v) is 5.15. The van der Waals surface area contributed by atoms with Crippen LogP contribution in [-0.2, 0) is 31.0 Å². The summed E-state index contributed by atoms with van der Waals surface area (Å²) in [7, 11) is 3.80. The number of methoxy groups -OCH3 is 1. The monoisotopic (exact) mass is 457 g/mol. The molecule has 0 amide bonds. The van der Waals surface area contributed by atoms with Crippen molar-refractivity contribution in [1.29, 1.82) is 0 Å². The third-order valence-corrected chi connectivity index (χ3v) is 6.59. The molecule has 33 heavy (non-hydrogen) atoms. The number of carbonyl (C=O) groups excluding carboxylic acids is 2. The average molecular weight is 458 g/mol. The van der Waals surface area contributed by atoms with E-state index in [-0.39, 0.29) is 42.4 Å². The predicted octanol–water partition coefficient (Wildman–Crippen LogP) is 3.91. The lowest BCUT2D eigenvalue weighted by Crippen LogP contribution is -2.43. The van der Waals surface area contributed by atoms with Gasteiger partial charge in [0.15, 0.2) is 11.5 Å². The molecule has 0 bridgehead atoms. The highest BCUT2D eigenvalue weighted by Crippen LogP contribution is 2.55. The maximum absolute atomic E-state index is 12.4. The van der Waals surface area contributed by atoms with E-state index in [0.29, 0.717) is 12.8 Å². The Bertz CT molecular complexity index is 949. The van der Waals surface area contributed by atoms with Crippen LogP contribution in [0.25, 0.3) is 0 Å². The summed E-state index contributed by atoms with van der Waals surface area (Å²) in [6.07, 6.45) is 6.06. The number of benzene rings is 1. The standard InChI is InChI=1S/C26H35NO6/c1-25(2,3)33-22(29)8-6-7-21(28)31-18-11-12-26-13-14-27(4)16-17-9-10-19(30-5)24(23(17)26)32-20(26)15-18/h9-12,18,20H,6-8,13-16H2,1-5H3/t18-,20-,26-/m0/s1. The van der Waals surface area contributed by atoms with Crippen LogP contribution >= 0.6 is 0 Å². The van der Waals surface area contributed by atoms with Crippen LogP contribution in [0.2, 0.25) is 0 Å². The lowest BCUT2D eigenvalue weighted by atomic mass is 9.69. The number of hydrogen-bond donors (Lipinski definition) is 0. The summed E-state index contributed by atoms with van der Waals surface area (Å²) in [5.41, 5.74) is 1.73. The van der Waals surface area contributed by atoms with Gasteiger partial charge in [0.05, 0.1) is 12.5 Å². The summed E-state index contributed by atoms with van der Waals surface area (Å²) in [5, 5.41) is 0. The number of hydrogen-bond acceptors (Lipinski definition) is 7.